The Morgan fingerprint density at radius 2 is 1.87 bits per heavy atom. The van der Waals surface area contributed by atoms with E-state index in [1.54, 1.807) is 12.1 Å². The van der Waals surface area contributed by atoms with Gasteiger partial charge in [-0.15, -0.1) is 24.0 Å². The second kappa shape index (κ2) is 10.8. The molecule has 1 aromatic carbocycles. The average molecular weight is 436 g/mol. The van der Waals surface area contributed by atoms with E-state index in [0.29, 0.717) is 12.1 Å². The van der Waals surface area contributed by atoms with E-state index < -0.39 is 0 Å². The number of guanidine groups is 1. The van der Waals surface area contributed by atoms with Crippen LogP contribution in [-0.2, 0) is 6.54 Å². The van der Waals surface area contributed by atoms with E-state index in [-0.39, 0.29) is 35.2 Å². The standard InChI is InChI=1S/C17H29FN4.HI/c1-6-19-16(21-12-17(2,3)13-22(4)5)20-11-14-9-7-8-10-15(14)18;/h7-10H,6,11-13H2,1-5H3,(H2,19,20,21);1H. The summed E-state index contributed by atoms with van der Waals surface area (Å²) in [5, 5.41) is 6.55. The highest BCUT2D eigenvalue weighted by Crippen LogP contribution is 2.14. The highest BCUT2D eigenvalue weighted by Gasteiger charge is 2.19. The maximum absolute atomic E-state index is 13.6. The van der Waals surface area contributed by atoms with E-state index in [2.05, 4.69) is 48.5 Å². The molecule has 4 nitrogen and oxygen atoms in total. The third kappa shape index (κ3) is 9.10. The Hall–Kier alpha value is -0.890. The molecule has 0 aliphatic heterocycles. The fraction of sp³-hybridized carbons (Fsp3) is 0.588. The van der Waals surface area contributed by atoms with Crippen molar-refractivity contribution < 1.29 is 4.39 Å². The quantitative estimate of drug-likeness (QED) is 0.392. The molecule has 0 heterocycles. The lowest BCUT2D eigenvalue weighted by atomic mass is 9.93. The lowest BCUT2D eigenvalue weighted by molar-refractivity contribution is 0.241. The van der Waals surface area contributed by atoms with E-state index >= 15 is 0 Å². The van der Waals surface area contributed by atoms with Crippen LogP contribution in [0.3, 0.4) is 0 Å². The third-order valence-corrected chi connectivity index (χ3v) is 3.19. The van der Waals surface area contributed by atoms with E-state index in [1.807, 2.05) is 13.0 Å². The van der Waals surface area contributed by atoms with Crippen molar-refractivity contribution in [3.8, 4) is 0 Å². The number of rotatable bonds is 7. The first kappa shape index (κ1) is 22.1. The zero-order valence-corrected chi connectivity index (χ0v) is 17.1. The summed E-state index contributed by atoms with van der Waals surface area (Å²) >= 11 is 0. The Balaban J connectivity index is 0.00000484. The summed E-state index contributed by atoms with van der Waals surface area (Å²) in [7, 11) is 4.14. The van der Waals surface area contributed by atoms with Gasteiger partial charge in [0.15, 0.2) is 5.96 Å². The van der Waals surface area contributed by atoms with Crippen molar-refractivity contribution in [2.24, 2.45) is 10.4 Å². The van der Waals surface area contributed by atoms with Crippen molar-refractivity contribution in [1.82, 2.24) is 15.5 Å². The average Bonchev–Trinajstić information content (AvgIpc) is 2.42. The predicted octanol–water partition coefficient (Wildman–Crippen LogP) is 3.09. The first-order valence-corrected chi connectivity index (χ1v) is 7.74. The highest BCUT2D eigenvalue weighted by molar-refractivity contribution is 14.0. The Morgan fingerprint density at radius 1 is 1.22 bits per heavy atom. The fourth-order valence-corrected chi connectivity index (χ4v) is 2.37. The number of hydrogen-bond acceptors (Lipinski definition) is 2. The van der Waals surface area contributed by atoms with Crippen LogP contribution in [0.1, 0.15) is 26.3 Å². The van der Waals surface area contributed by atoms with Crippen LogP contribution < -0.4 is 10.6 Å². The molecular weight excluding hydrogens is 406 g/mol. The molecule has 0 radical (unpaired) electrons. The summed E-state index contributed by atoms with van der Waals surface area (Å²) in [5.41, 5.74) is 0.727. The lowest BCUT2D eigenvalue weighted by Gasteiger charge is -2.29. The number of nitrogens with one attached hydrogen (secondary N) is 2. The second-order valence-corrected chi connectivity index (χ2v) is 6.54. The molecule has 0 spiro atoms. The maximum Gasteiger partial charge on any atom is 0.191 e. The molecular formula is C17H30FIN4. The van der Waals surface area contributed by atoms with E-state index in [0.717, 1.165) is 25.6 Å². The molecule has 132 valence electrons. The molecule has 0 fully saturated rings. The van der Waals surface area contributed by atoms with Crippen molar-refractivity contribution in [3.05, 3.63) is 35.6 Å². The Labute approximate surface area is 157 Å². The first-order valence-electron chi connectivity index (χ1n) is 7.74. The van der Waals surface area contributed by atoms with Crippen LogP contribution in [0.15, 0.2) is 29.3 Å². The summed E-state index contributed by atoms with van der Waals surface area (Å²) in [6, 6.07) is 6.74. The molecule has 0 aliphatic carbocycles. The van der Waals surface area contributed by atoms with Crippen LogP contribution in [0, 0.1) is 11.2 Å². The van der Waals surface area contributed by atoms with Gasteiger partial charge in [0.25, 0.3) is 0 Å². The van der Waals surface area contributed by atoms with Crippen molar-refractivity contribution >= 4 is 29.9 Å². The van der Waals surface area contributed by atoms with Gasteiger partial charge >= 0.3 is 0 Å². The highest BCUT2D eigenvalue weighted by atomic mass is 127. The summed E-state index contributed by atoms with van der Waals surface area (Å²) in [5.74, 6) is 0.507. The molecule has 2 N–H and O–H groups in total. The van der Waals surface area contributed by atoms with Gasteiger partial charge in [0.2, 0.25) is 0 Å². The number of halogens is 2. The van der Waals surface area contributed by atoms with Crippen LogP contribution in [0.25, 0.3) is 0 Å². The minimum Gasteiger partial charge on any atom is -0.357 e. The van der Waals surface area contributed by atoms with Gasteiger partial charge in [-0.1, -0.05) is 32.0 Å². The van der Waals surface area contributed by atoms with Gasteiger partial charge in [-0.2, -0.15) is 0 Å². The van der Waals surface area contributed by atoms with Crippen molar-refractivity contribution in [2.45, 2.75) is 27.3 Å². The van der Waals surface area contributed by atoms with E-state index in [9.17, 15) is 4.39 Å². The second-order valence-electron chi connectivity index (χ2n) is 6.54. The molecule has 1 aromatic rings. The summed E-state index contributed by atoms with van der Waals surface area (Å²) in [6.45, 7) is 9.32. The van der Waals surface area contributed by atoms with Crippen LogP contribution in [0.5, 0.6) is 0 Å². The van der Waals surface area contributed by atoms with Gasteiger partial charge in [0, 0.05) is 25.2 Å². The van der Waals surface area contributed by atoms with Crippen LogP contribution in [-0.4, -0.2) is 44.6 Å². The first-order chi connectivity index (χ1) is 10.3. The topological polar surface area (TPSA) is 39.7 Å². The van der Waals surface area contributed by atoms with Gasteiger partial charge in [0.1, 0.15) is 5.82 Å². The summed E-state index contributed by atoms with van der Waals surface area (Å²) in [6.07, 6.45) is 0. The van der Waals surface area contributed by atoms with Crippen LogP contribution in [0.4, 0.5) is 4.39 Å². The molecule has 23 heavy (non-hydrogen) atoms. The SMILES string of the molecule is CCNC(=NCc1ccccc1F)NCC(C)(C)CN(C)C.I. The Bertz CT molecular complexity index is 489. The molecule has 0 saturated carbocycles. The van der Waals surface area contributed by atoms with E-state index in [4.69, 9.17) is 0 Å². The number of hydrogen-bond donors (Lipinski definition) is 2. The minimum atomic E-state index is -0.213. The molecule has 0 bridgehead atoms. The molecule has 0 atom stereocenters. The zero-order valence-electron chi connectivity index (χ0n) is 14.8. The molecule has 6 heteroatoms. The van der Waals surface area contributed by atoms with Crippen LogP contribution in [0.2, 0.25) is 0 Å². The Morgan fingerprint density at radius 3 is 2.43 bits per heavy atom. The number of benzene rings is 1. The van der Waals surface area contributed by atoms with Crippen molar-refractivity contribution in [3.63, 3.8) is 0 Å². The smallest absolute Gasteiger partial charge is 0.191 e. The van der Waals surface area contributed by atoms with Crippen molar-refractivity contribution in [2.75, 3.05) is 33.7 Å². The molecule has 0 aromatic heterocycles. The van der Waals surface area contributed by atoms with E-state index in [1.165, 1.54) is 6.07 Å². The van der Waals surface area contributed by atoms with Gasteiger partial charge in [-0.05, 0) is 32.5 Å². The zero-order chi connectivity index (χ0) is 16.6. The summed E-state index contributed by atoms with van der Waals surface area (Å²) < 4.78 is 13.6. The van der Waals surface area contributed by atoms with Gasteiger partial charge in [-0.3, -0.25) is 0 Å². The summed E-state index contributed by atoms with van der Waals surface area (Å²) in [4.78, 5) is 6.64. The van der Waals surface area contributed by atoms with Crippen molar-refractivity contribution in [1.29, 1.82) is 0 Å². The molecule has 0 amide bonds. The number of aliphatic imine (C=N–C) groups is 1. The monoisotopic (exact) mass is 436 g/mol. The largest absolute Gasteiger partial charge is 0.357 e. The van der Waals surface area contributed by atoms with Gasteiger partial charge in [0.05, 0.1) is 6.54 Å². The molecule has 1 rings (SSSR count). The normalized spacial score (nSPS) is 12.0. The lowest BCUT2D eigenvalue weighted by Crippen LogP contribution is -2.44. The fourth-order valence-electron chi connectivity index (χ4n) is 2.37. The van der Waals surface area contributed by atoms with Gasteiger partial charge in [-0.25, -0.2) is 9.38 Å². The van der Waals surface area contributed by atoms with Crippen LogP contribution >= 0.6 is 24.0 Å². The maximum atomic E-state index is 13.6. The third-order valence-electron chi connectivity index (χ3n) is 3.19. The Kier molecular flexibility index (Phi) is 10.4. The van der Waals surface area contributed by atoms with Gasteiger partial charge < -0.3 is 15.5 Å². The number of nitrogens with zero attached hydrogens (tertiary/aromatic N) is 2. The molecule has 0 aliphatic rings. The molecule has 0 unspecified atom stereocenters. The minimum absolute atomic E-state index is 0. The molecule has 0 saturated heterocycles. The predicted molar refractivity (Wildman–Crippen MR) is 107 cm³/mol.